The van der Waals surface area contributed by atoms with Crippen molar-refractivity contribution in [2.24, 2.45) is 4.99 Å². The Morgan fingerprint density at radius 2 is 1.85 bits per heavy atom. The molecule has 1 aliphatic heterocycles. The molecule has 2 aromatic carbocycles. The lowest BCUT2D eigenvalue weighted by molar-refractivity contribution is 0.413. The quantitative estimate of drug-likeness (QED) is 0.383. The van der Waals surface area contributed by atoms with Gasteiger partial charge in [-0.25, -0.2) is 14.7 Å². The number of amidine groups is 1. The second-order valence-electron chi connectivity index (χ2n) is 9.82. The normalized spacial score (nSPS) is 16.4. The molecule has 5 rings (SSSR count). The van der Waals surface area contributed by atoms with E-state index in [2.05, 4.69) is 77.9 Å². The Morgan fingerprint density at radius 3 is 2.62 bits per heavy atom. The lowest BCUT2D eigenvalue weighted by Crippen LogP contribution is -2.23. The molecule has 4 aromatic rings. The van der Waals surface area contributed by atoms with Crippen LogP contribution in [0, 0.1) is 12.3 Å². The molecule has 0 aliphatic carbocycles. The number of hydrogen-bond acceptors (Lipinski definition) is 3. The Bertz CT molecular complexity index is 1440. The second kappa shape index (κ2) is 8.52. The number of allylic oxidation sites excluding steroid dienone is 2. The first-order valence-corrected chi connectivity index (χ1v) is 11.8. The van der Waals surface area contributed by atoms with E-state index in [1.807, 2.05) is 36.1 Å². The van der Waals surface area contributed by atoms with Gasteiger partial charge in [-0.1, -0.05) is 24.3 Å². The van der Waals surface area contributed by atoms with Gasteiger partial charge in [-0.05, 0) is 82.0 Å². The van der Waals surface area contributed by atoms with E-state index in [1.165, 1.54) is 0 Å². The summed E-state index contributed by atoms with van der Waals surface area (Å²) >= 11 is 0. The van der Waals surface area contributed by atoms with Crippen LogP contribution in [0.25, 0.3) is 33.7 Å². The van der Waals surface area contributed by atoms with E-state index in [1.54, 1.807) is 0 Å². The first-order chi connectivity index (χ1) is 16.3. The SMILES string of the molecule is Cc1ccn(-c2ccccc2-c2nc3cc(/C4=C/CCCC(=N)N=C4)ccc3n2C(C)(C)C)n1. The monoisotopic (exact) mass is 450 g/mol. The standard InChI is InChI=1S/C28H30N6/c1-19-15-16-33(32-19)24-11-7-6-10-22(24)27-31-23-17-20(13-14-25(23)34(27)28(2,3)4)21-9-5-8-12-26(29)30-18-21/h6-7,9-11,13-18,29H,5,8,12H2,1-4H3/b21-9+,29-26?,30-18?. The zero-order chi connectivity index (χ0) is 23.9. The van der Waals surface area contributed by atoms with Crippen molar-refractivity contribution in [2.45, 2.75) is 52.5 Å². The molecule has 6 nitrogen and oxygen atoms in total. The number of fused-ring (bicyclic) bond motifs is 1. The molecule has 0 unspecified atom stereocenters. The van der Waals surface area contributed by atoms with E-state index in [-0.39, 0.29) is 5.54 Å². The van der Waals surface area contributed by atoms with E-state index in [9.17, 15) is 0 Å². The second-order valence-corrected chi connectivity index (χ2v) is 9.82. The number of hydrogen-bond donors (Lipinski definition) is 1. The maximum absolute atomic E-state index is 7.95. The molecule has 0 saturated heterocycles. The molecular weight excluding hydrogens is 420 g/mol. The highest BCUT2D eigenvalue weighted by molar-refractivity contribution is 6.14. The van der Waals surface area contributed by atoms with Gasteiger partial charge in [-0.15, -0.1) is 0 Å². The van der Waals surface area contributed by atoms with E-state index in [0.717, 1.165) is 64.2 Å². The van der Waals surface area contributed by atoms with Gasteiger partial charge in [-0.3, -0.25) is 5.41 Å². The van der Waals surface area contributed by atoms with E-state index < -0.39 is 0 Å². The number of benzene rings is 2. The van der Waals surface area contributed by atoms with Gasteiger partial charge in [0.2, 0.25) is 0 Å². The molecule has 172 valence electrons. The smallest absolute Gasteiger partial charge is 0.143 e. The van der Waals surface area contributed by atoms with E-state index >= 15 is 0 Å². The molecule has 2 aromatic heterocycles. The van der Waals surface area contributed by atoms with Crippen LogP contribution in [0.4, 0.5) is 0 Å². The predicted octanol–water partition coefficient (Wildman–Crippen LogP) is 6.57. The molecule has 0 bridgehead atoms. The summed E-state index contributed by atoms with van der Waals surface area (Å²) in [5.41, 5.74) is 7.01. The fraction of sp³-hybridized carbons (Fsp3) is 0.286. The van der Waals surface area contributed by atoms with Crippen LogP contribution in [0.2, 0.25) is 0 Å². The van der Waals surface area contributed by atoms with Gasteiger partial charge in [0.25, 0.3) is 0 Å². The Kier molecular flexibility index (Phi) is 5.52. The molecule has 0 spiro atoms. The minimum Gasteiger partial charge on any atom is -0.319 e. The number of rotatable bonds is 3. The lowest BCUT2D eigenvalue weighted by atomic mass is 10.0. The average molecular weight is 451 g/mol. The van der Waals surface area contributed by atoms with Crippen molar-refractivity contribution in [1.82, 2.24) is 19.3 Å². The molecule has 0 amide bonds. The largest absolute Gasteiger partial charge is 0.319 e. The molecule has 0 radical (unpaired) electrons. The van der Waals surface area contributed by atoms with Crippen LogP contribution in [0.5, 0.6) is 0 Å². The van der Waals surface area contributed by atoms with E-state index in [0.29, 0.717) is 5.84 Å². The van der Waals surface area contributed by atoms with Crippen LogP contribution in [0.1, 0.15) is 51.3 Å². The molecule has 0 saturated carbocycles. The lowest BCUT2D eigenvalue weighted by Gasteiger charge is -2.25. The Balaban J connectivity index is 1.70. The summed E-state index contributed by atoms with van der Waals surface area (Å²) in [4.78, 5) is 9.50. The molecule has 0 fully saturated rings. The zero-order valence-corrected chi connectivity index (χ0v) is 20.2. The molecule has 0 atom stereocenters. The number of aliphatic imine (C=N–C) groups is 1. The van der Waals surface area contributed by atoms with Crippen LogP contribution >= 0.6 is 0 Å². The van der Waals surface area contributed by atoms with Crippen molar-refractivity contribution in [3.63, 3.8) is 0 Å². The molecule has 1 aliphatic rings. The number of para-hydroxylation sites is 1. The molecule has 34 heavy (non-hydrogen) atoms. The topological polar surface area (TPSA) is 71.8 Å². The molecule has 6 heteroatoms. The summed E-state index contributed by atoms with van der Waals surface area (Å²) in [7, 11) is 0. The maximum atomic E-state index is 7.95. The van der Waals surface area contributed by atoms with Crippen LogP contribution in [0.15, 0.2) is 65.8 Å². The van der Waals surface area contributed by atoms with E-state index in [4.69, 9.17) is 10.4 Å². The van der Waals surface area contributed by atoms with Gasteiger partial charge in [0, 0.05) is 29.9 Å². The molecular formula is C28H30N6. The number of nitrogens with one attached hydrogen (secondary N) is 1. The van der Waals surface area contributed by atoms with Crippen molar-refractivity contribution < 1.29 is 0 Å². The summed E-state index contributed by atoms with van der Waals surface area (Å²) < 4.78 is 4.24. The molecule has 3 heterocycles. The van der Waals surface area contributed by atoms with Gasteiger partial charge in [-0.2, -0.15) is 5.10 Å². The van der Waals surface area contributed by atoms with Gasteiger partial charge in [0.1, 0.15) is 11.7 Å². The number of aromatic nitrogens is 4. The van der Waals surface area contributed by atoms with Gasteiger partial charge >= 0.3 is 0 Å². The number of imidazole rings is 1. The summed E-state index contributed by atoms with van der Waals surface area (Å²) in [6, 6.07) is 16.8. The van der Waals surface area contributed by atoms with Crippen LogP contribution in [0.3, 0.4) is 0 Å². The van der Waals surface area contributed by atoms with Gasteiger partial charge in [0.05, 0.1) is 22.4 Å². The fourth-order valence-corrected chi connectivity index (χ4v) is 4.52. The van der Waals surface area contributed by atoms with Crippen LogP contribution in [-0.2, 0) is 5.54 Å². The predicted molar refractivity (Wildman–Crippen MR) is 140 cm³/mol. The average Bonchev–Trinajstić information content (AvgIpc) is 3.39. The van der Waals surface area contributed by atoms with Crippen molar-refractivity contribution in [2.75, 3.05) is 0 Å². The molecule has 1 N–H and O–H groups in total. The first kappa shape index (κ1) is 22.0. The number of nitrogens with zero attached hydrogens (tertiary/aromatic N) is 5. The maximum Gasteiger partial charge on any atom is 0.143 e. The third kappa shape index (κ3) is 4.12. The third-order valence-corrected chi connectivity index (χ3v) is 6.11. The summed E-state index contributed by atoms with van der Waals surface area (Å²) in [6.07, 6.45) is 8.66. The minimum absolute atomic E-state index is 0.172. The van der Waals surface area contributed by atoms with Crippen molar-refractivity contribution in [1.29, 1.82) is 5.41 Å². The fourth-order valence-electron chi connectivity index (χ4n) is 4.52. The third-order valence-electron chi connectivity index (χ3n) is 6.11. The number of aryl methyl sites for hydroxylation is 1. The minimum atomic E-state index is -0.172. The van der Waals surface area contributed by atoms with Crippen LogP contribution < -0.4 is 0 Å². The Morgan fingerprint density at radius 1 is 1.03 bits per heavy atom. The highest BCUT2D eigenvalue weighted by Gasteiger charge is 2.24. The Labute approximate surface area is 200 Å². The summed E-state index contributed by atoms with van der Waals surface area (Å²) in [5, 5.41) is 12.6. The van der Waals surface area contributed by atoms with Crippen LogP contribution in [-0.4, -0.2) is 31.4 Å². The summed E-state index contributed by atoms with van der Waals surface area (Å²) in [5.74, 6) is 1.36. The van der Waals surface area contributed by atoms with Crippen molar-refractivity contribution >= 4 is 28.7 Å². The zero-order valence-electron chi connectivity index (χ0n) is 20.2. The first-order valence-electron chi connectivity index (χ1n) is 11.8. The van der Waals surface area contributed by atoms with Crippen molar-refractivity contribution in [3.8, 4) is 17.1 Å². The highest BCUT2D eigenvalue weighted by Crippen LogP contribution is 2.35. The van der Waals surface area contributed by atoms with Gasteiger partial charge in [0.15, 0.2) is 0 Å². The van der Waals surface area contributed by atoms with Crippen molar-refractivity contribution in [3.05, 3.63) is 72.1 Å². The Hall–Kier alpha value is -3.80. The summed E-state index contributed by atoms with van der Waals surface area (Å²) in [6.45, 7) is 8.63. The highest BCUT2D eigenvalue weighted by atomic mass is 15.3. The van der Waals surface area contributed by atoms with Gasteiger partial charge < -0.3 is 4.57 Å².